The molecule has 7 nitrogen and oxygen atoms in total. The maximum Gasteiger partial charge on any atom is 0.338 e. The van der Waals surface area contributed by atoms with E-state index in [0.29, 0.717) is 12.2 Å². The third-order valence-electron chi connectivity index (χ3n) is 3.91. The summed E-state index contributed by atoms with van der Waals surface area (Å²) in [5.74, 6) is -1.38. The van der Waals surface area contributed by atoms with E-state index >= 15 is 0 Å². The highest BCUT2D eigenvalue weighted by molar-refractivity contribution is 5.94. The number of likely N-dealkylation sites (N-methyl/N-ethyl adjacent to an activating group) is 1. The lowest BCUT2D eigenvalue weighted by Crippen LogP contribution is -2.37. The number of rotatable bonds is 7. The van der Waals surface area contributed by atoms with Gasteiger partial charge in [0.15, 0.2) is 6.10 Å². The predicted molar refractivity (Wildman–Crippen MR) is 103 cm³/mol. The molecule has 1 N–H and O–H groups in total. The summed E-state index contributed by atoms with van der Waals surface area (Å²) < 4.78 is 5.26. The number of nitrogens with one attached hydrogen (secondary N) is 1. The van der Waals surface area contributed by atoms with Crippen molar-refractivity contribution in [2.45, 2.75) is 26.0 Å². The summed E-state index contributed by atoms with van der Waals surface area (Å²) >= 11 is 0. The van der Waals surface area contributed by atoms with E-state index in [0.717, 1.165) is 5.56 Å². The monoisotopic (exact) mass is 379 g/mol. The van der Waals surface area contributed by atoms with E-state index in [9.17, 15) is 14.4 Å². The first-order chi connectivity index (χ1) is 13.4. The summed E-state index contributed by atoms with van der Waals surface area (Å²) in [6.07, 6.45) is -1.18. The molecule has 0 unspecified atom stereocenters. The van der Waals surface area contributed by atoms with Crippen molar-refractivity contribution in [3.8, 4) is 6.07 Å². The number of ether oxygens (including phenoxy) is 1. The van der Waals surface area contributed by atoms with E-state index in [4.69, 9.17) is 10.00 Å². The van der Waals surface area contributed by atoms with Crippen molar-refractivity contribution in [3.05, 3.63) is 65.7 Å². The highest BCUT2D eigenvalue weighted by atomic mass is 16.5. The third kappa shape index (κ3) is 5.95. The normalized spacial score (nSPS) is 11.0. The Bertz CT molecular complexity index is 873. The van der Waals surface area contributed by atoms with Gasteiger partial charge in [0.05, 0.1) is 11.6 Å². The molecule has 0 heterocycles. The molecule has 7 heteroatoms. The molecule has 2 aromatic carbocycles. The molecular weight excluding hydrogens is 358 g/mol. The smallest absolute Gasteiger partial charge is 0.338 e. The number of carbonyl (C=O) groups excluding carboxylic acids is 3. The molecule has 2 amide bonds. The van der Waals surface area contributed by atoms with Crippen LogP contribution in [-0.2, 0) is 20.9 Å². The second-order valence-corrected chi connectivity index (χ2v) is 6.19. The number of benzene rings is 2. The van der Waals surface area contributed by atoms with Gasteiger partial charge in [0.1, 0.15) is 6.42 Å². The van der Waals surface area contributed by atoms with Gasteiger partial charge in [-0.15, -0.1) is 0 Å². The molecule has 0 aliphatic rings. The SMILES string of the molecule is C[C@@H](OC(=O)c1ccc(NC(=O)CC#N)cc1)C(=O)N(C)Cc1ccccc1. The van der Waals surface area contributed by atoms with Gasteiger partial charge in [0, 0.05) is 19.3 Å². The minimum Gasteiger partial charge on any atom is -0.449 e. The second kappa shape index (κ2) is 9.88. The fraction of sp³-hybridized carbons (Fsp3) is 0.238. The standard InChI is InChI=1S/C21H21N3O4/c1-15(20(26)24(2)14-16-6-4-3-5-7-16)28-21(27)17-8-10-18(11-9-17)23-19(25)12-13-22/h3-11,15H,12,14H2,1-2H3,(H,23,25)/t15-/m1/s1. The number of amides is 2. The number of hydrogen-bond acceptors (Lipinski definition) is 5. The van der Waals surface area contributed by atoms with E-state index in [1.54, 1.807) is 13.1 Å². The van der Waals surface area contributed by atoms with Gasteiger partial charge in [-0.05, 0) is 36.8 Å². The predicted octanol–water partition coefficient (Wildman–Crippen LogP) is 2.74. The van der Waals surface area contributed by atoms with Gasteiger partial charge in [0.25, 0.3) is 5.91 Å². The molecule has 28 heavy (non-hydrogen) atoms. The Kier molecular flexibility index (Phi) is 7.28. The zero-order chi connectivity index (χ0) is 20.5. The van der Waals surface area contributed by atoms with Crippen LogP contribution < -0.4 is 5.32 Å². The molecule has 0 fully saturated rings. The second-order valence-electron chi connectivity index (χ2n) is 6.19. The lowest BCUT2D eigenvalue weighted by atomic mass is 10.2. The Hall–Kier alpha value is -3.66. The van der Waals surface area contributed by atoms with Crippen molar-refractivity contribution < 1.29 is 19.1 Å². The zero-order valence-electron chi connectivity index (χ0n) is 15.7. The molecule has 0 saturated carbocycles. The molecule has 0 saturated heterocycles. The molecular formula is C21H21N3O4. The highest BCUT2D eigenvalue weighted by Gasteiger charge is 2.22. The zero-order valence-corrected chi connectivity index (χ0v) is 15.7. The molecule has 1 atom stereocenters. The number of anilines is 1. The van der Waals surface area contributed by atoms with Crippen LogP contribution in [0.3, 0.4) is 0 Å². The van der Waals surface area contributed by atoms with Crippen molar-refractivity contribution in [1.82, 2.24) is 4.90 Å². The van der Waals surface area contributed by atoms with Crippen molar-refractivity contribution in [2.24, 2.45) is 0 Å². The summed E-state index contributed by atoms with van der Waals surface area (Å²) in [7, 11) is 1.65. The molecule has 0 radical (unpaired) electrons. The Labute approximate surface area is 163 Å². The van der Waals surface area contributed by atoms with E-state index in [2.05, 4.69) is 5.32 Å². The summed E-state index contributed by atoms with van der Waals surface area (Å²) in [5, 5.41) is 11.0. The minimum atomic E-state index is -0.934. The molecule has 0 aliphatic carbocycles. The Morgan fingerprint density at radius 2 is 1.75 bits per heavy atom. The van der Waals surface area contributed by atoms with Crippen LogP contribution in [0.15, 0.2) is 54.6 Å². The third-order valence-corrected chi connectivity index (χ3v) is 3.91. The van der Waals surface area contributed by atoms with Crippen LogP contribution in [0, 0.1) is 11.3 Å². The van der Waals surface area contributed by atoms with E-state index in [1.165, 1.54) is 36.1 Å². The van der Waals surface area contributed by atoms with Gasteiger partial charge in [-0.1, -0.05) is 30.3 Å². The summed E-state index contributed by atoms with van der Waals surface area (Å²) in [6.45, 7) is 1.94. The fourth-order valence-electron chi connectivity index (χ4n) is 2.49. The topological polar surface area (TPSA) is 99.5 Å². The number of nitriles is 1. The molecule has 0 spiro atoms. The maximum absolute atomic E-state index is 12.4. The lowest BCUT2D eigenvalue weighted by Gasteiger charge is -2.21. The van der Waals surface area contributed by atoms with E-state index in [-0.39, 0.29) is 17.9 Å². The van der Waals surface area contributed by atoms with Crippen LogP contribution in [0.1, 0.15) is 29.3 Å². The summed E-state index contributed by atoms with van der Waals surface area (Å²) in [6, 6.07) is 17.3. The van der Waals surface area contributed by atoms with Crippen molar-refractivity contribution in [3.63, 3.8) is 0 Å². The van der Waals surface area contributed by atoms with Gasteiger partial charge >= 0.3 is 5.97 Å². The summed E-state index contributed by atoms with van der Waals surface area (Å²) in [5.41, 5.74) is 1.69. The lowest BCUT2D eigenvalue weighted by molar-refractivity contribution is -0.139. The van der Waals surface area contributed by atoms with Gasteiger partial charge < -0.3 is 15.0 Å². The van der Waals surface area contributed by atoms with Gasteiger partial charge in [0.2, 0.25) is 5.91 Å². The first-order valence-electron chi connectivity index (χ1n) is 8.67. The number of hydrogen-bond donors (Lipinski definition) is 1. The molecule has 2 aromatic rings. The van der Waals surface area contributed by atoms with Crippen LogP contribution in [0.4, 0.5) is 5.69 Å². The molecule has 0 aliphatic heterocycles. The van der Waals surface area contributed by atoms with Crippen LogP contribution in [0.2, 0.25) is 0 Å². The number of nitrogens with zero attached hydrogens (tertiary/aromatic N) is 2. The average molecular weight is 379 g/mol. The molecule has 2 rings (SSSR count). The number of carbonyl (C=O) groups is 3. The van der Waals surface area contributed by atoms with Crippen molar-refractivity contribution in [2.75, 3.05) is 12.4 Å². The van der Waals surface area contributed by atoms with E-state index in [1.807, 2.05) is 30.3 Å². The fourth-order valence-corrected chi connectivity index (χ4v) is 2.49. The quantitative estimate of drug-likeness (QED) is 0.746. The van der Waals surface area contributed by atoms with Gasteiger partial charge in [-0.25, -0.2) is 4.79 Å². The minimum absolute atomic E-state index is 0.250. The van der Waals surface area contributed by atoms with Crippen LogP contribution in [0.25, 0.3) is 0 Å². The first kappa shape index (κ1) is 20.6. The number of esters is 1. The summed E-state index contributed by atoms with van der Waals surface area (Å²) in [4.78, 5) is 37.6. The first-order valence-corrected chi connectivity index (χ1v) is 8.67. The van der Waals surface area contributed by atoms with Crippen molar-refractivity contribution in [1.29, 1.82) is 5.26 Å². The van der Waals surface area contributed by atoms with Gasteiger partial charge in [-0.2, -0.15) is 5.26 Å². The Morgan fingerprint density at radius 3 is 2.36 bits per heavy atom. The average Bonchev–Trinajstić information content (AvgIpc) is 2.68. The largest absolute Gasteiger partial charge is 0.449 e. The van der Waals surface area contributed by atoms with Crippen LogP contribution in [0.5, 0.6) is 0 Å². The van der Waals surface area contributed by atoms with E-state index < -0.39 is 18.0 Å². The van der Waals surface area contributed by atoms with Gasteiger partial charge in [-0.3, -0.25) is 9.59 Å². The molecule has 0 aromatic heterocycles. The Morgan fingerprint density at radius 1 is 1.11 bits per heavy atom. The Balaban J connectivity index is 1.91. The van der Waals surface area contributed by atoms with Crippen LogP contribution >= 0.6 is 0 Å². The molecule has 0 bridgehead atoms. The highest BCUT2D eigenvalue weighted by Crippen LogP contribution is 2.13. The van der Waals surface area contributed by atoms with Crippen molar-refractivity contribution >= 4 is 23.5 Å². The molecule has 144 valence electrons. The maximum atomic E-state index is 12.4. The van der Waals surface area contributed by atoms with Crippen LogP contribution in [-0.4, -0.2) is 35.8 Å².